The Kier molecular flexibility index (Phi) is 1.91. The lowest BCUT2D eigenvalue weighted by Gasteiger charge is -2.24. The van der Waals surface area contributed by atoms with Crippen LogP contribution in [-0.2, 0) is 5.54 Å². The zero-order valence-corrected chi connectivity index (χ0v) is 7.92. The third kappa shape index (κ3) is 1.32. The predicted octanol–water partition coefficient (Wildman–Crippen LogP) is 0.959. The molecule has 0 spiro atoms. The molecule has 1 heterocycles. The lowest BCUT2D eigenvalue weighted by atomic mass is 9.92. The van der Waals surface area contributed by atoms with E-state index in [0.29, 0.717) is 18.1 Å². The van der Waals surface area contributed by atoms with E-state index >= 15 is 0 Å². The van der Waals surface area contributed by atoms with Gasteiger partial charge in [0.1, 0.15) is 5.82 Å². The average molecular weight is 193 g/mol. The second kappa shape index (κ2) is 2.97. The summed E-state index contributed by atoms with van der Waals surface area (Å²) in [5, 5.41) is 2.98. The Morgan fingerprint density at radius 2 is 2.21 bits per heavy atom. The van der Waals surface area contributed by atoms with Crippen LogP contribution in [0, 0.1) is 5.82 Å². The maximum Gasteiger partial charge on any atom is 0.189 e. The van der Waals surface area contributed by atoms with Crippen molar-refractivity contribution >= 4 is 5.96 Å². The first-order valence-electron chi connectivity index (χ1n) is 4.45. The number of rotatable bonds is 1. The molecular weight excluding hydrogens is 181 g/mol. The van der Waals surface area contributed by atoms with E-state index in [1.807, 2.05) is 6.92 Å². The predicted molar refractivity (Wildman–Crippen MR) is 53.4 cm³/mol. The topological polar surface area (TPSA) is 50.4 Å². The van der Waals surface area contributed by atoms with Crippen molar-refractivity contribution in [3.05, 3.63) is 35.6 Å². The number of halogens is 1. The molecule has 4 heteroatoms. The molecule has 1 aromatic carbocycles. The van der Waals surface area contributed by atoms with Crippen molar-refractivity contribution in [2.24, 2.45) is 10.7 Å². The molecule has 0 saturated heterocycles. The molecule has 1 aromatic rings. The van der Waals surface area contributed by atoms with Crippen LogP contribution in [0.1, 0.15) is 12.5 Å². The van der Waals surface area contributed by atoms with Gasteiger partial charge in [0.15, 0.2) is 5.96 Å². The molecule has 0 saturated carbocycles. The van der Waals surface area contributed by atoms with Crippen LogP contribution in [0.4, 0.5) is 4.39 Å². The van der Waals surface area contributed by atoms with Gasteiger partial charge in [0.2, 0.25) is 0 Å². The van der Waals surface area contributed by atoms with E-state index < -0.39 is 5.54 Å². The largest absolute Gasteiger partial charge is 0.370 e. The van der Waals surface area contributed by atoms with Crippen molar-refractivity contribution in [3.8, 4) is 0 Å². The summed E-state index contributed by atoms with van der Waals surface area (Å²) in [6.07, 6.45) is 0. The quantitative estimate of drug-likeness (QED) is 0.698. The molecule has 1 aliphatic heterocycles. The summed E-state index contributed by atoms with van der Waals surface area (Å²) in [6.45, 7) is 2.36. The molecule has 2 rings (SSSR count). The van der Waals surface area contributed by atoms with Crippen molar-refractivity contribution in [3.63, 3.8) is 0 Å². The van der Waals surface area contributed by atoms with Gasteiger partial charge in [-0.2, -0.15) is 0 Å². The molecule has 0 fully saturated rings. The van der Waals surface area contributed by atoms with Crippen LogP contribution in [0.2, 0.25) is 0 Å². The van der Waals surface area contributed by atoms with Gasteiger partial charge in [0.05, 0.1) is 12.1 Å². The minimum absolute atomic E-state index is 0.229. The zero-order chi connectivity index (χ0) is 10.2. The molecule has 74 valence electrons. The molecule has 1 atom stereocenters. The van der Waals surface area contributed by atoms with Crippen LogP contribution in [-0.4, -0.2) is 12.5 Å². The molecule has 0 radical (unpaired) electrons. The average Bonchev–Trinajstić information content (AvgIpc) is 2.48. The van der Waals surface area contributed by atoms with Crippen molar-refractivity contribution in [1.82, 2.24) is 5.32 Å². The Hall–Kier alpha value is -1.58. The molecule has 0 aliphatic carbocycles. The van der Waals surface area contributed by atoms with Crippen LogP contribution >= 0.6 is 0 Å². The van der Waals surface area contributed by atoms with E-state index in [1.54, 1.807) is 18.2 Å². The highest BCUT2D eigenvalue weighted by Gasteiger charge is 2.33. The van der Waals surface area contributed by atoms with Gasteiger partial charge in [-0.05, 0) is 13.0 Å². The summed E-state index contributed by atoms with van der Waals surface area (Å²) in [5.74, 6) is 0.142. The van der Waals surface area contributed by atoms with Gasteiger partial charge < -0.3 is 11.1 Å². The van der Waals surface area contributed by atoms with Crippen molar-refractivity contribution < 1.29 is 4.39 Å². The Labute approximate surface area is 81.8 Å². The molecule has 0 aromatic heterocycles. The maximum atomic E-state index is 13.5. The van der Waals surface area contributed by atoms with Gasteiger partial charge in [0.25, 0.3) is 0 Å². The van der Waals surface area contributed by atoms with Gasteiger partial charge in [-0.1, -0.05) is 18.2 Å². The van der Waals surface area contributed by atoms with E-state index in [2.05, 4.69) is 10.3 Å². The van der Waals surface area contributed by atoms with Crippen molar-refractivity contribution in [2.75, 3.05) is 6.54 Å². The summed E-state index contributed by atoms with van der Waals surface area (Å²) in [5.41, 5.74) is 5.61. The minimum Gasteiger partial charge on any atom is -0.370 e. The highest BCUT2D eigenvalue weighted by Crippen LogP contribution is 2.26. The van der Waals surface area contributed by atoms with E-state index in [-0.39, 0.29) is 5.82 Å². The lowest BCUT2D eigenvalue weighted by molar-refractivity contribution is 0.448. The monoisotopic (exact) mass is 193 g/mol. The Morgan fingerprint density at radius 1 is 1.50 bits per heavy atom. The molecule has 0 bridgehead atoms. The Bertz CT molecular complexity index is 389. The Morgan fingerprint density at radius 3 is 2.79 bits per heavy atom. The van der Waals surface area contributed by atoms with Crippen LogP contribution < -0.4 is 11.1 Å². The summed E-state index contributed by atoms with van der Waals surface area (Å²) < 4.78 is 13.5. The summed E-state index contributed by atoms with van der Waals surface area (Å²) in [7, 11) is 0. The molecule has 3 nitrogen and oxygen atoms in total. The fraction of sp³-hybridized carbons (Fsp3) is 0.300. The normalized spacial score (nSPS) is 25.7. The fourth-order valence-electron chi connectivity index (χ4n) is 1.67. The molecule has 14 heavy (non-hydrogen) atoms. The summed E-state index contributed by atoms with van der Waals surface area (Å²) in [6, 6.07) is 6.66. The van der Waals surface area contributed by atoms with Crippen LogP contribution in [0.5, 0.6) is 0 Å². The molecule has 1 unspecified atom stereocenters. The van der Waals surface area contributed by atoms with Crippen molar-refractivity contribution in [1.29, 1.82) is 0 Å². The number of nitrogens with one attached hydrogen (secondary N) is 1. The second-order valence-corrected chi connectivity index (χ2v) is 3.64. The Balaban J connectivity index is 2.37. The number of benzene rings is 1. The van der Waals surface area contributed by atoms with Crippen LogP contribution in [0.25, 0.3) is 0 Å². The number of hydrogen-bond donors (Lipinski definition) is 2. The first kappa shape index (κ1) is 8.99. The molecule has 3 N–H and O–H groups in total. The summed E-state index contributed by atoms with van der Waals surface area (Å²) in [4.78, 5) is 4.02. The van der Waals surface area contributed by atoms with E-state index in [1.165, 1.54) is 6.07 Å². The minimum atomic E-state index is -0.505. The SMILES string of the molecule is CC1(c2ccccc2F)CN=C(N)N1. The smallest absolute Gasteiger partial charge is 0.189 e. The lowest BCUT2D eigenvalue weighted by Crippen LogP contribution is -2.43. The third-order valence-corrected chi connectivity index (χ3v) is 2.44. The number of nitrogens with two attached hydrogens (primary N) is 1. The van der Waals surface area contributed by atoms with Gasteiger partial charge in [-0.25, -0.2) is 4.39 Å². The van der Waals surface area contributed by atoms with E-state index in [4.69, 9.17) is 5.73 Å². The third-order valence-electron chi connectivity index (χ3n) is 2.44. The van der Waals surface area contributed by atoms with E-state index in [9.17, 15) is 4.39 Å². The number of aliphatic imine (C=N–C) groups is 1. The second-order valence-electron chi connectivity index (χ2n) is 3.64. The first-order chi connectivity index (χ1) is 6.62. The van der Waals surface area contributed by atoms with Gasteiger partial charge in [-0.3, -0.25) is 4.99 Å². The number of guanidine groups is 1. The summed E-state index contributed by atoms with van der Waals surface area (Å²) >= 11 is 0. The first-order valence-corrected chi connectivity index (χ1v) is 4.45. The molecule has 1 aliphatic rings. The van der Waals surface area contributed by atoms with E-state index in [0.717, 1.165) is 0 Å². The maximum absolute atomic E-state index is 13.5. The number of hydrogen-bond acceptors (Lipinski definition) is 3. The van der Waals surface area contributed by atoms with Crippen molar-refractivity contribution in [2.45, 2.75) is 12.5 Å². The zero-order valence-electron chi connectivity index (χ0n) is 7.92. The standard InChI is InChI=1S/C10H12FN3/c1-10(6-13-9(12)14-10)7-4-2-3-5-8(7)11/h2-5H,6H2,1H3,(H3,12,13,14). The highest BCUT2D eigenvalue weighted by atomic mass is 19.1. The van der Waals surface area contributed by atoms with Gasteiger partial charge >= 0.3 is 0 Å². The number of nitrogens with zero attached hydrogens (tertiary/aromatic N) is 1. The van der Waals surface area contributed by atoms with Gasteiger partial charge in [0, 0.05) is 5.56 Å². The molecule has 0 amide bonds. The van der Waals surface area contributed by atoms with Gasteiger partial charge in [-0.15, -0.1) is 0 Å². The molecular formula is C10H12FN3. The fourth-order valence-corrected chi connectivity index (χ4v) is 1.67. The van der Waals surface area contributed by atoms with Crippen LogP contribution in [0.15, 0.2) is 29.3 Å². The highest BCUT2D eigenvalue weighted by molar-refractivity contribution is 5.81. The van der Waals surface area contributed by atoms with Crippen LogP contribution in [0.3, 0.4) is 0 Å².